The summed E-state index contributed by atoms with van der Waals surface area (Å²) in [6.45, 7) is 1.45. The van der Waals surface area contributed by atoms with Crippen LogP contribution in [-0.2, 0) is 4.79 Å². The first-order chi connectivity index (χ1) is 7.75. The molecule has 0 atom stereocenters. The van der Waals surface area contributed by atoms with Gasteiger partial charge in [-0.3, -0.25) is 4.79 Å². The maximum atomic E-state index is 10.6. The van der Waals surface area contributed by atoms with Gasteiger partial charge in [0.2, 0.25) is 5.91 Å². The van der Waals surface area contributed by atoms with E-state index in [4.69, 9.17) is 0 Å². The molecule has 2 rings (SSSR count). The second-order valence-corrected chi connectivity index (χ2v) is 4.26. The van der Waals surface area contributed by atoms with Crippen molar-refractivity contribution in [3.05, 3.63) is 24.0 Å². The lowest BCUT2D eigenvalue weighted by molar-refractivity contribution is -0.118. The van der Waals surface area contributed by atoms with Crippen molar-refractivity contribution in [1.29, 1.82) is 0 Å². The summed E-state index contributed by atoms with van der Waals surface area (Å²) in [4.78, 5) is 10.6. The molecule has 1 aromatic heterocycles. The first kappa shape index (κ1) is 10.9. The van der Waals surface area contributed by atoms with Crippen molar-refractivity contribution in [3.8, 4) is 0 Å². The van der Waals surface area contributed by atoms with Gasteiger partial charge < -0.3 is 4.57 Å². The highest BCUT2D eigenvalue weighted by atomic mass is 16.2. The molecule has 1 aliphatic carbocycles. The molecular weight excluding hydrogens is 202 g/mol. The van der Waals surface area contributed by atoms with E-state index in [1.807, 2.05) is 6.07 Å². The molecule has 1 fully saturated rings. The van der Waals surface area contributed by atoms with Crippen molar-refractivity contribution in [2.75, 3.05) is 0 Å². The second kappa shape index (κ2) is 4.96. The molecule has 0 aliphatic heterocycles. The van der Waals surface area contributed by atoms with Crippen LogP contribution >= 0.6 is 0 Å². The number of amides is 1. The third-order valence-electron chi connectivity index (χ3n) is 2.92. The SMILES string of the molecule is CC(=O)N/N=C\c1ccn(C2CCCC2)c1. The number of hydrogen-bond acceptors (Lipinski definition) is 2. The Morgan fingerprint density at radius 3 is 3.00 bits per heavy atom. The van der Waals surface area contributed by atoms with Gasteiger partial charge in [0.15, 0.2) is 0 Å². The summed E-state index contributed by atoms with van der Waals surface area (Å²) >= 11 is 0. The van der Waals surface area contributed by atoms with Gasteiger partial charge in [-0.15, -0.1) is 0 Å². The first-order valence-corrected chi connectivity index (χ1v) is 5.73. The number of carbonyl (C=O) groups is 1. The van der Waals surface area contributed by atoms with Gasteiger partial charge in [-0.1, -0.05) is 12.8 Å². The lowest BCUT2D eigenvalue weighted by atomic mass is 10.2. The molecule has 0 unspecified atom stereocenters. The van der Waals surface area contributed by atoms with Crippen LogP contribution in [0.4, 0.5) is 0 Å². The zero-order valence-electron chi connectivity index (χ0n) is 9.52. The van der Waals surface area contributed by atoms with Crippen molar-refractivity contribution in [3.63, 3.8) is 0 Å². The van der Waals surface area contributed by atoms with Crippen molar-refractivity contribution in [1.82, 2.24) is 9.99 Å². The maximum absolute atomic E-state index is 10.6. The van der Waals surface area contributed by atoms with Gasteiger partial charge in [0.1, 0.15) is 0 Å². The molecule has 1 heterocycles. The van der Waals surface area contributed by atoms with Gasteiger partial charge >= 0.3 is 0 Å². The van der Waals surface area contributed by atoms with Gasteiger partial charge in [0.25, 0.3) is 0 Å². The Balaban J connectivity index is 1.96. The second-order valence-electron chi connectivity index (χ2n) is 4.26. The van der Waals surface area contributed by atoms with Crippen LogP contribution in [0.25, 0.3) is 0 Å². The third kappa shape index (κ3) is 2.72. The number of aromatic nitrogens is 1. The summed E-state index contributed by atoms with van der Waals surface area (Å²) in [5, 5.41) is 3.84. The van der Waals surface area contributed by atoms with Gasteiger partial charge in [-0.25, -0.2) is 5.43 Å². The van der Waals surface area contributed by atoms with E-state index < -0.39 is 0 Å². The van der Waals surface area contributed by atoms with Crippen LogP contribution in [0, 0.1) is 0 Å². The molecule has 4 nitrogen and oxygen atoms in total. The summed E-state index contributed by atoms with van der Waals surface area (Å²) in [6.07, 6.45) is 11.1. The average molecular weight is 219 g/mol. The zero-order valence-corrected chi connectivity index (χ0v) is 9.52. The van der Waals surface area contributed by atoms with Crippen LogP contribution in [0.2, 0.25) is 0 Å². The van der Waals surface area contributed by atoms with E-state index >= 15 is 0 Å². The lowest BCUT2D eigenvalue weighted by Crippen LogP contribution is -2.12. The van der Waals surface area contributed by atoms with Crippen molar-refractivity contribution >= 4 is 12.1 Å². The number of rotatable bonds is 3. The van der Waals surface area contributed by atoms with Gasteiger partial charge in [0.05, 0.1) is 6.21 Å². The summed E-state index contributed by atoms with van der Waals surface area (Å²) in [7, 11) is 0. The van der Waals surface area contributed by atoms with Gasteiger partial charge in [-0.2, -0.15) is 5.10 Å². The monoisotopic (exact) mass is 219 g/mol. The van der Waals surface area contributed by atoms with Crippen molar-refractivity contribution in [2.45, 2.75) is 38.6 Å². The molecule has 86 valence electrons. The Bertz CT molecular complexity index is 389. The van der Waals surface area contributed by atoms with E-state index in [2.05, 4.69) is 27.5 Å². The first-order valence-electron chi connectivity index (χ1n) is 5.73. The fourth-order valence-electron chi connectivity index (χ4n) is 2.13. The summed E-state index contributed by atoms with van der Waals surface area (Å²) in [5.74, 6) is -0.147. The molecule has 0 radical (unpaired) electrons. The third-order valence-corrected chi connectivity index (χ3v) is 2.92. The molecular formula is C12H17N3O. The Kier molecular flexibility index (Phi) is 3.39. The molecule has 0 saturated heterocycles. The smallest absolute Gasteiger partial charge is 0.236 e. The van der Waals surface area contributed by atoms with Gasteiger partial charge in [-0.05, 0) is 18.9 Å². The Hall–Kier alpha value is -1.58. The van der Waals surface area contributed by atoms with E-state index in [0.29, 0.717) is 6.04 Å². The Labute approximate surface area is 95.3 Å². The van der Waals surface area contributed by atoms with Crippen molar-refractivity contribution in [2.24, 2.45) is 5.10 Å². The number of hydrazone groups is 1. The minimum atomic E-state index is -0.147. The van der Waals surface area contributed by atoms with E-state index in [-0.39, 0.29) is 5.91 Å². The molecule has 1 amide bonds. The summed E-state index contributed by atoms with van der Waals surface area (Å²) < 4.78 is 2.25. The highest BCUT2D eigenvalue weighted by molar-refractivity contribution is 5.81. The fourth-order valence-corrected chi connectivity index (χ4v) is 2.13. The predicted octanol–water partition coefficient (Wildman–Crippen LogP) is 2.07. The number of carbonyl (C=O) groups excluding carboxylic acids is 1. The number of nitrogens with one attached hydrogen (secondary N) is 1. The normalized spacial score (nSPS) is 17.1. The van der Waals surface area contributed by atoms with E-state index in [1.165, 1.54) is 32.6 Å². The molecule has 0 spiro atoms. The quantitative estimate of drug-likeness (QED) is 0.614. The fraction of sp³-hybridized carbons (Fsp3) is 0.500. The van der Waals surface area contributed by atoms with Crippen molar-refractivity contribution < 1.29 is 4.79 Å². The van der Waals surface area contributed by atoms with Crippen LogP contribution in [0.1, 0.15) is 44.2 Å². The van der Waals surface area contributed by atoms with Crippen LogP contribution in [0.15, 0.2) is 23.6 Å². The minimum Gasteiger partial charge on any atom is -0.351 e. The molecule has 1 N–H and O–H groups in total. The van der Waals surface area contributed by atoms with E-state index in [9.17, 15) is 4.79 Å². The molecule has 0 bridgehead atoms. The maximum Gasteiger partial charge on any atom is 0.236 e. The predicted molar refractivity (Wildman–Crippen MR) is 63.3 cm³/mol. The summed E-state index contributed by atoms with van der Waals surface area (Å²) in [6, 6.07) is 2.67. The molecule has 4 heteroatoms. The van der Waals surface area contributed by atoms with Gasteiger partial charge in [0, 0.05) is 30.9 Å². The molecule has 16 heavy (non-hydrogen) atoms. The van der Waals surface area contributed by atoms with Crippen LogP contribution in [0.3, 0.4) is 0 Å². The largest absolute Gasteiger partial charge is 0.351 e. The minimum absolute atomic E-state index is 0.147. The molecule has 1 aliphatic rings. The highest BCUT2D eigenvalue weighted by Crippen LogP contribution is 2.29. The lowest BCUT2D eigenvalue weighted by Gasteiger charge is -2.10. The van der Waals surface area contributed by atoms with Crippen LogP contribution in [0.5, 0.6) is 0 Å². The van der Waals surface area contributed by atoms with Crippen LogP contribution in [-0.4, -0.2) is 16.7 Å². The van der Waals surface area contributed by atoms with Crippen LogP contribution < -0.4 is 5.43 Å². The van der Waals surface area contributed by atoms with E-state index in [0.717, 1.165) is 5.56 Å². The summed E-state index contributed by atoms with van der Waals surface area (Å²) in [5.41, 5.74) is 3.42. The standard InChI is InChI=1S/C12H17N3O/c1-10(16)14-13-8-11-6-7-15(9-11)12-4-2-3-5-12/h6-9,12H,2-5H2,1H3,(H,14,16)/b13-8-. The molecule has 1 aromatic rings. The zero-order chi connectivity index (χ0) is 11.4. The number of nitrogens with zero attached hydrogens (tertiary/aromatic N) is 2. The average Bonchev–Trinajstić information content (AvgIpc) is 2.85. The molecule has 0 aromatic carbocycles. The molecule has 1 saturated carbocycles. The van der Waals surface area contributed by atoms with E-state index in [1.54, 1.807) is 6.21 Å². The Morgan fingerprint density at radius 2 is 2.31 bits per heavy atom. The number of hydrogen-bond donors (Lipinski definition) is 1. The Morgan fingerprint density at radius 1 is 1.56 bits per heavy atom. The highest BCUT2D eigenvalue weighted by Gasteiger charge is 2.15. The topological polar surface area (TPSA) is 46.4 Å².